The number of carboxylic acids is 1. The average molecular weight is 496 g/mol. The van der Waals surface area contributed by atoms with Crippen LogP contribution in [0.3, 0.4) is 0 Å². The molecule has 3 aromatic carbocycles. The zero-order valence-corrected chi connectivity index (χ0v) is 20.8. The van der Waals surface area contributed by atoms with E-state index in [-0.39, 0.29) is 17.4 Å². The number of phenolic OH excluding ortho intramolecular Hbond substituents is 1. The maximum atomic E-state index is 11.7. The van der Waals surface area contributed by atoms with Crippen LogP contribution >= 0.6 is 0 Å². The van der Waals surface area contributed by atoms with Crippen molar-refractivity contribution in [2.24, 2.45) is 5.14 Å². The molecule has 0 aliphatic carbocycles. The number of nitrogens with two attached hydrogens (primary N) is 1. The Kier molecular flexibility index (Phi) is 7.37. The van der Waals surface area contributed by atoms with Gasteiger partial charge in [-0.05, 0) is 73.0 Å². The van der Waals surface area contributed by atoms with Gasteiger partial charge in [-0.2, -0.15) is 0 Å². The highest BCUT2D eigenvalue weighted by molar-refractivity contribution is 7.82. The number of benzene rings is 3. The number of quaternary nitrogens is 1. The lowest BCUT2D eigenvalue weighted by Gasteiger charge is -2.46. The van der Waals surface area contributed by atoms with Crippen LogP contribution in [0.4, 0.5) is 0 Å². The first kappa shape index (κ1) is 25.1. The van der Waals surface area contributed by atoms with Crippen LogP contribution in [0.15, 0.2) is 65.6 Å². The first-order chi connectivity index (χ1) is 16.7. The normalized spacial score (nSPS) is 17.0. The summed E-state index contributed by atoms with van der Waals surface area (Å²) in [7, 11) is -1.55. The fourth-order valence-corrected chi connectivity index (χ4v) is 5.47. The minimum absolute atomic E-state index is 0.105. The highest BCUT2D eigenvalue weighted by Crippen LogP contribution is 2.35. The van der Waals surface area contributed by atoms with E-state index in [9.17, 15) is 19.2 Å². The summed E-state index contributed by atoms with van der Waals surface area (Å²) in [5, 5.41) is 25.4. The molecular formula is C27H31N2O5S+. The Balaban J connectivity index is 1.68. The molecule has 3 aromatic rings. The first-order valence-corrected chi connectivity index (χ1v) is 12.8. The van der Waals surface area contributed by atoms with Gasteiger partial charge in [-0.25, -0.2) is 14.1 Å². The van der Waals surface area contributed by atoms with Crippen molar-refractivity contribution in [3.05, 3.63) is 82.9 Å². The van der Waals surface area contributed by atoms with Gasteiger partial charge >= 0.3 is 5.97 Å². The van der Waals surface area contributed by atoms with E-state index >= 15 is 0 Å². The Labute approximate surface area is 208 Å². The Morgan fingerprint density at radius 2 is 1.77 bits per heavy atom. The molecule has 1 aliphatic heterocycles. The van der Waals surface area contributed by atoms with Crippen molar-refractivity contribution in [1.82, 2.24) is 0 Å². The monoisotopic (exact) mass is 495 g/mol. The quantitative estimate of drug-likeness (QED) is 0.427. The molecule has 4 rings (SSSR count). The Bertz CT molecular complexity index is 1250. The molecule has 1 aliphatic rings. The lowest BCUT2D eigenvalue weighted by molar-refractivity contribution is -0.974. The number of rotatable bonds is 7. The highest BCUT2D eigenvalue weighted by atomic mass is 32.2. The molecule has 2 unspecified atom stereocenters. The van der Waals surface area contributed by atoms with Gasteiger partial charge < -0.3 is 19.4 Å². The lowest BCUT2D eigenvalue weighted by Crippen LogP contribution is -2.55. The number of aryl methyl sites for hydroxylation is 1. The molecule has 0 spiro atoms. The largest absolute Gasteiger partial charge is 0.508 e. The molecule has 35 heavy (non-hydrogen) atoms. The van der Waals surface area contributed by atoms with Crippen molar-refractivity contribution in [1.29, 1.82) is 0 Å². The van der Waals surface area contributed by atoms with Gasteiger partial charge in [-0.15, -0.1) is 0 Å². The van der Waals surface area contributed by atoms with Crippen molar-refractivity contribution in [3.63, 3.8) is 0 Å². The van der Waals surface area contributed by atoms with Gasteiger partial charge in [0.1, 0.15) is 42.4 Å². The SMILES string of the molecule is Cc1cc(S(N)=O)ccc1-c1cc(O)cc(C[N+]2(C(C)c3ccc(C(=O)O)cc3)CCOCC2)c1. The summed E-state index contributed by atoms with van der Waals surface area (Å²) in [5.41, 5.74) is 5.10. The fraction of sp³-hybridized carbons (Fsp3) is 0.296. The molecule has 184 valence electrons. The van der Waals surface area contributed by atoms with Gasteiger partial charge in [-0.1, -0.05) is 18.2 Å². The zero-order valence-electron chi connectivity index (χ0n) is 19.9. The number of ether oxygens (including phenoxy) is 1. The third-order valence-corrected chi connectivity index (χ3v) is 7.76. The summed E-state index contributed by atoms with van der Waals surface area (Å²) in [6, 6.07) is 18.3. The molecule has 0 bridgehead atoms. The Hall–Kier alpha value is -3.04. The van der Waals surface area contributed by atoms with E-state index in [1.807, 2.05) is 31.2 Å². The molecule has 0 amide bonds. The maximum Gasteiger partial charge on any atom is 0.335 e. The van der Waals surface area contributed by atoms with Crippen LogP contribution in [0.1, 0.15) is 40.0 Å². The summed E-state index contributed by atoms with van der Waals surface area (Å²) in [4.78, 5) is 11.8. The number of morpholine rings is 1. The molecule has 2 atom stereocenters. The van der Waals surface area contributed by atoms with E-state index in [1.54, 1.807) is 30.3 Å². The van der Waals surface area contributed by atoms with Gasteiger partial charge in [0.2, 0.25) is 0 Å². The smallest absolute Gasteiger partial charge is 0.335 e. The zero-order chi connectivity index (χ0) is 25.2. The molecular weight excluding hydrogens is 464 g/mol. The second kappa shape index (κ2) is 10.3. The number of carbonyl (C=O) groups is 1. The third kappa shape index (κ3) is 5.46. The van der Waals surface area contributed by atoms with E-state index in [2.05, 4.69) is 13.0 Å². The second-order valence-electron chi connectivity index (χ2n) is 9.20. The molecule has 0 saturated carbocycles. The van der Waals surface area contributed by atoms with Gasteiger partial charge in [0.25, 0.3) is 0 Å². The minimum atomic E-state index is -1.55. The topological polar surface area (TPSA) is 110 Å². The highest BCUT2D eigenvalue weighted by Gasteiger charge is 2.37. The summed E-state index contributed by atoms with van der Waals surface area (Å²) in [6.45, 7) is 7.69. The van der Waals surface area contributed by atoms with Gasteiger partial charge in [-0.3, -0.25) is 0 Å². The third-order valence-electron chi connectivity index (χ3n) is 7.04. The summed E-state index contributed by atoms with van der Waals surface area (Å²) in [6.07, 6.45) is 0. The standard InChI is InChI=1S/C27H30N2O5S/c1-18-13-25(35(28)33)7-8-26(18)23-14-20(15-24(30)16-23)17-29(9-11-34-12-10-29)19(2)21-3-5-22(6-4-21)27(31)32/h3-8,13-16,19H,9-12,17,28H2,1-2H3,(H-,30,31,32)/p+1. The van der Waals surface area contributed by atoms with Crippen molar-refractivity contribution < 1.29 is 28.4 Å². The van der Waals surface area contributed by atoms with E-state index in [4.69, 9.17) is 9.88 Å². The van der Waals surface area contributed by atoms with E-state index in [0.717, 1.165) is 45.4 Å². The number of hydrogen-bond donors (Lipinski definition) is 3. The second-order valence-corrected chi connectivity index (χ2v) is 10.3. The summed E-state index contributed by atoms with van der Waals surface area (Å²) in [5.74, 6) is -0.749. The van der Waals surface area contributed by atoms with Crippen LogP contribution in [0, 0.1) is 6.92 Å². The summed E-state index contributed by atoms with van der Waals surface area (Å²) < 4.78 is 18.1. The maximum absolute atomic E-state index is 11.7. The van der Waals surface area contributed by atoms with Gasteiger partial charge in [0.15, 0.2) is 0 Å². The molecule has 0 aromatic heterocycles. The first-order valence-electron chi connectivity index (χ1n) is 11.6. The number of phenols is 1. The molecule has 1 saturated heterocycles. The Morgan fingerprint density at radius 1 is 1.09 bits per heavy atom. The number of nitrogens with zero attached hydrogens (tertiary/aromatic N) is 1. The summed E-state index contributed by atoms with van der Waals surface area (Å²) >= 11 is 0. The van der Waals surface area contributed by atoms with Crippen molar-refractivity contribution >= 4 is 17.0 Å². The number of aromatic hydroxyl groups is 1. The number of aromatic carboxylic acids is 1. The van der Waals surface area contributed by atoms with Crippen LogP contribution in [-0.4, -0.2) is 51.2 Å². The van der Waals surface area contributed by atoms with Gasteiger partial charge in [0.05, 0.1) is 23.7 Å². The van der Waals surface area contributed by atoms with Crippen LogP contribution in [0.25, 0.3) is 11.1 Å². The molecule has 1 heterocycles. The number of hydrogen-bond acceptors (Lipinski definition) is 4. The van der Waals surface area contributed by atoms with Gasteiger partial charge in [0, 0.05) is 11.1 Å². The van der Waals surface area contributed by atoms with Crippen molar-refractivity contribution in [2.45, 2.75) is 31.3 Å². The predicted octanol–water partition coefficient (Wildman–Crippen LogP) is 4.16. The minimum Gasteiger partial charge on any atom is -0.508 e. The predicted molar refractivity (Wildman–Crippen MR) is 135 cm³/mol. The van der Waals surface area contributed by atoms with E-state index in [0.29, 0.717) is 24.7 Å². The van der Waals surface area contributed by atoms with Crippen LogP contribution in [0.5, 0.6) is 5.75 Å². The van der Waals surface area contributed by atoms with E-state index < -0.39 is 17.0 Å². The fourth-order valence-electron chi connectivity index (χ4n) is 4.98. The Morgan fingerprint density at radius 3 is 2.37 bits per heavy atom. The molecule has 1 fully saturated rings. The van der Waals surface area contributed by atoms with Crippen molar-refractivity contribution in [2.75, 3.05) is 26.3 Å². The molecule has 8 heteroatoms. The van der Waals surface area contributed by atoms with Crippen LogP contribution < -0.4 is 5.14 Å². The van der Waals surface area contributed by atoms with Crippen LogP contribution in [0.2, 0.25) is 0 Å². The molecule has 4 N–H and O–H groups in total. The van der Waals surface area contributed by atoms with Crippen LogP contribution in [-0.2, 0) is 22.3 Å². The number of carboxylic acid groups (broad SMARTS) is 1. The molecule has 0 radical (unpaired) electrons. The van der Waals surface area contributed by atoms with E-state index in [1.165, 1.54) is 0 Å². The van der Waals surface area contributed by atoms with Crippen molar-refractivity contribution in [3.8, 4) is 16.9 Å². The average Bonchev–Trinajstić information content (AvgIpc) is 2.83. The molecule has 7 nitrogen and oxygen atoms in total. The lowest BCUT2D eigenvalue weighted by atomic mass is 9.96.